The summed E-state index contributed by atoms with van der Waals surface area (Å²) >= 11 is 0. The van der Waals surface area contributed by atoms with Crippen molar-refractivity contribution >= 4 is 11.9 Å². The van der Waals surface area contributed by atoms with Crippen LogP contribution in [0.4, 0.5) is 0 Å². The molecule has 0 saturated carbocycles. The molecule has 2 N–H and O–H groups in total. The first-order valence-electron chi connectivity index (χ1n) is 7.31. The summed E-state index contributed by atoms with van der Waals surface area (Å²) in [7, 11) is 0. The van der Waals surface area contributed by atoms with Crippen LogP contribution in [0.15, 0.2) is 0 Å². The quantitative estimate of drug-likeness (QED) is 0.804. The van der Waals surface area contributed by atoms with Crippen LogP contribution in [0, 0.1) is 11.8 Å². The minimum absolute atomic E-state index is 0.0273. The number of amides is 1. The molecule has 0 aromatic carbocycles. The standard InChI is InChI=1S/C14H24N2O3/c1-3-10-5-7-16(12(8-10)14(18)19)13(17)11-4-6-15-9(11)2/h9-12,15H,3-8H2,1-2H3,(H,18,19). The number of likely N-dealkylation sites (tertiary alicyclic amines) is 1. The van der Waals surface area contributed by atoms with Crippen molar-refractivity contribution in [1.82, 2.24) is 10.2 Å². The number of carbonyl (C=O) groups is 2. The Balaban J connectivity index is 2.08. The highest BCUT2D eigenvalue weighted by Gasteiger charge is 2.40. The van der Waals surface area contributed by atoms with E-state index in [2.05, 4.69) is 12.2 Å². The molecular weight excluding hydrogens is 244 g/mol. The van der Waals surface area contributed by atoms with E-state index in [0.717, 1.165) is 25.8 Å². The van der Waals surface area contributed by atoms with Gasteiger partial charge in [-0.25, -0.2) is 4.79 Å². The second-order valence-corrected chi connectivity index (χ2v) is 5.82. The number of aliphatic carboxylic acids is 1. The van der Waals surface area contributed by atoms with Gasteiger partial charge < -0.3 is 15.3 Å². The first kappa shape index (κ1) is 14.3. The average Bonchev–Trinajstić information content (AvgIpc) is 2.83. The number of rotatable bonds is 3. The molecule has 2 rings (SSSR count). The largest absolute Gasteiger partial charge is 0.480 e. The zero-order valence-electron chi connectivity index (χ0n) is 11.8. The van der Waals surface area contributed by atoms with Crippen molar-refractivity contribution < 1.29 is 14.7 Å². The van der Waals surface area contributed by atoms with Gasteiger partial charge in [0.2, 0.25) is 5.91 Å². The molecule has 4 unspecified atom stereocenters. The van der Waals surface area contributed by atoms with Gasteiger partial charge in [-0.2, -0.15) is 0 Å². The molecule has 2 aliphatic heterocycles. The maximum absolute atomic E-state index is 12.5. The lowest BCUT2D eigenvalue weighted by molar-refractivity contribution is -0.155. The second kappa shape index (κ2) is 5.90. The van der Waals surface area contributed by atoms with Crippen molar-refractivity contribution in [2.75, 3.05) is 13.1 Å². The first-order valence-corrected chi connectivity index (χ1v) is 7.31. The molecule has 2 saturated heterocycles. The number of carboxylic acids is 1. The van der Waals surface area contributed by atoms with E-state index in [0.29, 0.717) is 18.9 Å². The van der Waals surface area contributed by atoms with Crippen LogP contribution in [0.5, 0.6) is 0 Å². The van der Waals surface area contributed by atoms with Crippen LogP contribution in [0.2, 0.25) is 0 Å². The highest BCUT2D eigenvalue weighted by Crippen LogP contribution is 2.28. The molecule has 4 atom stereocenters. The Morgan fingerprint density at radius 2 is 2.11 bits per heavy atom. The van der Waals surface area contributed by atoms with Crippen LogP contribution >= 0.6 is 0 Å². The van der Waals surface area contributed by atoms with Gasteiger partial charge in [0.25, 0.3) is 0 Å². The Hall–Kier alpha value is -1.10. The summed E-state index contributed by atoms with van der Waals surface area (Å²) in [6, 6.07) is -0.468. The molecule has 0 aliphatic carbocycles. The number of hydrogen-bond donors (Lipinski definition) is 2. The molecule has 5 heteroatoms. The van der Waals surface area contributed by atoms with Crippen LogP contribution < -0.4 is 5.32 Å². The SMILES string of the molecule is CCC1CCN(C(=O)C2CCNC2C)C(C(=O)O)C1. The summed E-state index contributed by atoms with van der Waals surface area (Å²) in [4.78, 5) is 25.6. The van der Waals surface area contributed by atoms with Gasteiger partial charge in [-0.05, 0) is 38.6 Å². The van der Waals surface area contributed by atoms with Gasteiger partial charge in [0.05, 0.1) is 5.92 Å². The summed E-state index contributed by atoms with van der Waals surface area (Å²) in [6.07, 6.45) is 3.35. The predicted molar refractivity (Wildman–Crippen MR) is 71.7 cm³/mol. The van der Waals surface area contributed by atoms with Crippen LogP contribution in [0.3, 0.4) is 0 Å². The molecular formula is C14H24N2O3. The fourth-order valence-corrected chi connectivity index (χ4v) is 3.32. The van der Waals surface area contributed by atoms with Crippen LogP contribution in [-0.4, -0.2) is 47.1 Å². The molecule has 0 spiro atoms. The van der Waals surface area contributed by atoms with Crippen molar-refractivity contribution in [3.8, 4) is 0 Å². The number of nitrogens with one attached hydrogen (secondary N) is 1. The second-order valence-electron chi connectivity index (χ2n) is 5.82. The molecule has 0 radical (unpaired) electrons. The number of nitrogens with zero attached hydrogens (tertiary/aromatic N) is 1. The van der Waals surface area contributed by atoms with E-state index in [4.69, 9.17) is 0 Å². The Kier molecular flexibility index (Phi) is 4.45. The summed E-state index contributed by atoms with van der Waals surface area (Å²) in [5.74, 6) is -0.450. The zero-order chi connectivity index (χ0) is 14.0. The van der Waals surface area contributed by atoms with Crippen LogP contribution in [-0.2, 0) is 9.59 Å². The third-order valence-electron chi connectivity index (χ3n) is 4.70. The lowest BCUT2D eigenvalue weighted by Crippen LogP contribution is -2.53. The molecule has 2 heterocycles. The topological polar surface area (TPSA) is 69.6 Å². The third kappa shape index (κ3) is 2.91. The van der Waals surface area contributed by atoms with Gasteiger partial charge in [0.15, 0.2) is 0 Å². The minimum atomic E-state index is -0.856. The maximum atomic E-state index is 12.5. The van der Waals surface area contributed by atoms with Gasteiger partial charge in [0.1, 0.15) is 6.04 Å². The Morgan fingerprint density at radius 3 is 2.63 bits per heavy atom. The average molecular weight is 268 g/mol. The smallest absolute Gasteiger partial charge is 0.326 e. The summed E-state index contributed by atoms with van der Waals surface area (Å²) < 4.78 is 0. The fraction of sp³-hybridized carbons (Fsp3) is 0.857. The van der Waals surface area contributed by atoms with E-state index in [9.17, 15) is 14.7 Å². The fourth-order valence-electron chi connectivity index (χ4n) is 3.32. The third-order valence-corrected chi connectivity index (χ3v) is 4.70. The Labute approximate surface area is 114 Å². The maximum Gasteiger partial charge on any atom is 0.326 e. The molecule has 1 amide bonds. The van der Waals surface area contributed by atoms with Crippen molar-refractivity contribution in [2.24, 2.45) is 11.8 Å². The number of carbonyl (C=O) groups excluding carboxylic acids is 1. The van der Waals surface area contributed by atoms with Gasteiger partial charge in [-0.3, -0.25) is 4.79 Å². The number of hydrogen-bond acceptors (Lipinski definition) is 3. The summed E-state index contributed by atoms with van der Waals surface area (Å²) in [6.45, 7) is 5.53. The molecule has 5 nitrogen and oxygen atoms in total. The highest BCUT2D eigenvalue weighted by atomic mass is 16.4. The summed E-state index contributed by atoms with van der Waals surface area (Å²) in [5.41, 5.74) is 0. The van der Waals surface area contributed by atoms with Crippen LogP contribution in [0.1, 0.15) is 39.5 Å². The highest BCUT2D eigenvalue weighted by molar-refractivity contribution is 5.86. The van der Waals surface area contributed by atoms with Gasteiger partial charge in [-0.1, -0.05) is 13.3 Å². The predicted octanol–water partition coefficient (Wildman–Crippen LogP) is 1.09. The molecule has 2 fully saturated rings. The van der Waals surface area contributed by atoms with Crippen molar-refractivity contribution in [3.63, 3.8) is 0 Å². The molecule has 2 aliphatic rings. The molecule has 19 heavy (non-hydrogen) atoms. The Morgan fingerprint density at radius 1 is 1.37 bits per heavy atom. The lowest BCUT2D eigenvalue weighted by Gasteiger charge is -2.38. The minimum Gasteiger partial charge on any atom is -0.480 e. The van der Waals surface area contributed by atoms with Crippen molar-refractivity contribution in [1.29, 1.82) is 0 Å². The molecule has 108 valence electrons. The molecule has 0 aromatic rings. The van der Waals surface area contributed by atoms with Gasteiger partial charge >= 0.3 is 5.97 Å². The Bertz CT molecular complexity index is 359. The van der Waals surface area contributed by atoms with Crippen LogP contribution in [0.25, 0.3) is 0 Å². The molecule has 0 aromatic heterocycles. The van der Waals surface area contributed by atoms with E-state index < -0.39 is 12.0 Å². The van der Waals surface area contributed by atoms with E-state index in [1.807, 2.05) is 6.92 Å². The first-order chi connectivity index (χ1) is 9.04. The van der Waals surface area contributed by atoms with Gasteiger partial charge in [0, 0.05) is 12.6 Å². The normalized spacial score (nSPS) is 35.4. The summed E-state index contributed by atoms with van der Waals surface area (Å²) in [5, 5.41) is 12.6. The van der Waals surface area contributed by atoms with Crippen molar-refractivity contribution in [3.05, 3.63) is 0 Å². The van der Waals surface area contributed by atoms with E-state index >= 15 is 0 Å². The number of carboxylic acid groups (broad SMARTS) is 1. The lowest BCUT2D eigenvalue weighted by atomic mass is 9.87. The van der Waals surface area contributed by atoms with E-state index in [-0.39, 0.29) is 17.9 Å². The molecule has 0 bridgehead atoms. The monoisotopic (exact) mass is 268 g/mol. The van der Waals surface area contributed by atoms with E-state index in [1.54, 1.807) is 4.90 Å². The van der Waals surface area contributed by atoms with Crippen molar-refractivity contribution in [2.45, 2.75) is 51.6 Å². The van der Waals surface area contributed by atoms with E-state index in [1.165, 1.54) is 0 Å². The van der Waals surface area contributed by atoms with Gasteiger partial charge in [-0.15, -0.1) is 0 Å². The zero-order valence-corrected chi connectivity index (χ0v) is 11.8. The number of piperidine rings is 1.